The zero-order valence-electron chi connectivity index (χ0n) is 12.3. The second-order valence-corrected chi connectivity index (χ2v) is 5.42. The maximum Gasteiger partial charge on any atom is 0.236 e. The van der Waals surface area contributed by atoms with Crippen molar-refractivity contribution in [3.63, 3.8) is 0 Å². The molecule has 0 saturated heterocycles. The van der Waals surface area contributed by atoms with Gasteiger partial charge in [-0.3, -0.25) is 4.79 Å². The van der Waals surface area contributed by atoms with Crippen LogP contribution in [-0.4, -0.2) is 29.0 Å². The monoisotopic (exact) mass is 276 g/mol. The van der Waals surface area contributed by atoms with Crippen LogP contribution < -0.4 is 10.6 Å². The van der Waals surface area contributed by atoms with Crippen LogP contribution >= 0.6 is 0 Å². The van der Waals surface area contributed by atoms with Crippen LogP contribution in [0.3, 0.4) is 0 Å². The van der Waals surface area contributed by atoms with Gasteiger partial charge in [0.1, 0.15) is 12.1 Å². The van der Waals surface area contributed by atoms with E-state index in [1.807, 2.05) is 4.90 Å². The molecule has 1 aromatic rings. The Kier molecular flexibility index (Phi) is 5.32. The normalized spacial score (nSPS) is 14.4. The maximum atomic E-state index is 11.3. The summed E-state index contributed by atoms with van der Waals surface area (Å²) in [4.78, 5) is 22.2. The molecule has 0 saturated carbocycles. The van der Waals surface area contributed by atoms with Crippen LogP contribution in [0.4, 0.5) is 5.82 Å². The van der Waals surface area contributed by atoms with Crippen molar-refractivity contribution in [3.8, 4) is 0 Å². The molecule has 0 fully saturated rings. The summed E-state index contributed by atoms with van der Waals surface area (Å²) in [6, 6.07) is 0. The summed E-state index contributed by atoms with van der Waals surface area (Å²) in [6.45, 7) is 3.20. The molecule has 0 aromatic carbocycles. The molecule has 0 unspecified atom stereocenters. The lowest BCUT2D eigenvalue weighted by molar-refractivity contribution is -0.116. The van der Waals surface area contributed by atoms with Crippen LogP contribution in [0.15, 0.2) is 6.33 Å². The van der Waals surface area contributed by atoms with Crippen LogP contribution in [0.1, 0.15) is 50.3 Å². The maximum absolute atomic E-state index is 11.3. The van der Waals surface area contributed by atoms with E-state index in [0.717, 1.165) is 43.7 Å². The van der Waals surface area contributed by atoms with E-state index in [0.29, 0.717) is 0 Å². The first-order valence-electron chi connectivity index (χ1n) is 7.58. The third-order valence-electron chi connectivity index (χ3n) is 3.78. The number of aryl methyl sites for hydroxylation is 1. The van der Waals surface area contributed by atoms with Crippen LogP contribution in [0.2, 0.25) is 0 Å². The highest BCUT2D eigenvalue weighted by atomic mass is 16.1. The summed E-state index contributed by atoms with van der Waals surface area (Å²) in [5.74, 6) is 0.617. The number of unbranched alkanes of at least 4 members (excludes halogenated alkanes) is 1. The Morgan fingerprint density at radius 2 is 2.10 bits per heavy atom. The fourth-order valence-corrected chi connectivity index (χ4v) is 2.75. The zero-order chi connectivity index (χ0) is 14.4. The van der Waals surface area contributed by atoms with E-state index in [9.17, 15) is 4.79 Å². The van der Waals surface area contributed by atoms with Crippen molar-refractivity contribution < 1.29 is 4.79 Å². The van der Waals surface area contributed by atoms with Gasteiger partial charge < -0.3 is 10.6 Å². The molecule has 1 heterocycles. The van der Waals surface area contributed by atoms with E-state index < -0.39 is 0 Å². The number of amides is 1. The SMILES string of the molecule is CCCCN(CC(N)=O)c1ncnc2c1CCCCC2. The van der Waals surface area contributed by atoms with Crippen molar-refractivity contribution in [2.75, 3.05) is 18.0 Å². The highest BCUT2D eigenvalue weighted by Crippen LogP contribution is 2.26. The summed E-state index contributed by atoms with van der Waals surface area (Å²) in [6.07, 6.45) is 9.37. The number of primary amides is 1. The number of nitrogens with zero attached hydrogens (tertiary/aromatic N) is 3. The third-order valence-corrected chi connectivity index (χ3v) is 3.78. The standard InChI is InChI=1S/C15H24N4O/c1-2-3-9-19(10-14(16)20)15-12-7-5-4-6-8-13(12)17-11-18-15/h11H,2-10H2,1H3,(H2,16,20). The molecule has 110 valence electrons. The third kappa shape index (κ3) is 3.68. The van der Waals surface area contributed by atoms with E-state index in [1.165, 1.54) is 24.8 Å². The first-order valence-corrected chi connectivity index (χ1v) is 7.58. The van der Waals surface area contributed by atoms with Crippen LogP contribution in [-0.2, 0) is 17.6 Å². The van der Waals surface area contributed by atoms with Crippen molar-refractivity contribution >= 4 is 11.7 Å². The van der Waals surface area contributed by atoms with Gasteiger partial charge in [0.05, 0.1) is 6.54 Å². The van der Waals surface area contributed by atoms with Crippen molar-refractivity contribution in [1.29, 1.82) is 0 Å². The zero-order valence-corrected chi connectivity index (χ0v) is 12.3. The van der Waals surface area contributed by atoms with Crippen molar-refractivity contribution in [3.05, 3.63) is 17.6 Å². The topological polar surface area (TPSA) is 72.1 Å². The Balaban J connectivity index is 2.29. The predicted molar refractivity (Wildman–Crippen MR) is 79.6 cm³/mol. The average Bonchev–Trinajstić information content (AvgIpc) is 2.68. The second kappa shape index (κ2) is 7.22. The molecule has 0 radical (unpaired) electrons. The Hall–Kier alpha value is -1.65. The van der Waals surface area contributed by atoms with E-state index in [2.05, 4.69) is 16.9 Å². The lowest BCUT2D eigenvalue weighted by atomic mass is 10.1. The minimum Gasteiger partial charge on any atom is -0.368 e. The number of rotatable bonds is 6. The van der Waals surface area contributed by atoms with Crippen molar-refractivity contribution in [2.24, 2.45) is 5.73 Å². The van der Waals surface area contributed by atoms with Gasteiger partial charge in [0.2, 0.25) is 5.91 Å². The van der Waals surface area contributed by atoms with Crippen LogP contribution in [0, 0.1) is 0 Å². The van der Waals surface area contributed by atoms with E-state index in [4.69, 9.17) is 5.73 Å². The van der Waals surface area contributed by atoms with E-state index in [-0.39, 0.29) is 12.5 Å². The van der Waals surface area contributed by atoms with Gasteiger partial charge in [0, 0.05) is 17.8 Å². The molecular weight excluding hydrogens is 252 g/mol. The summed E-state index contributed by atoms with van der Waals surface area (Å²) >= 11 is 0. The molecule has 2 rings (SSSR count). The highest BCUT2D eigenvalue weighted by Gasteiger charge is 2.19. The molecule has 1 aliphatic carbocycles. The fraction of sp³-hybridized carbons (Fsp3) is 0.667. The highest BCUT2D eigenvalue weighted by molar-refractivity contribution is 5.79. The first-order chi connectivity index (χ1) is 9.72. The molecular formula is C15H24N4O. The summed E-state index contributed by atoms with van der Waals surface area (Å²) in [5.41, 5.74) is 7.76. The van der Waals surface area contributed by atoms with Crippen molar-refractivity contribution in [1.82, 2.24) is 9.97 Å². The molecule has 1 amide bonds. The Bertz CT molecular complexity index is 461. The van der Waals surface area contributed by atoms with Gasteiger partial charge >= 0.3 is 0 Å². The van der Waals surface area contributed by atoms with E-state index in [1.54, 1.807) is 6.33 Å². The van der Waals surface area contributed by atoms with Gasteiger partial charge in [-0.2, -0.15) is 0 Å². The number of aromatic nitrogens is 2. The summed E-state index contributed by atoms with van der Waals surface area (Å²) < 4.78 is 0. The van der Waals surface area contributed by atoms with Gasteiger partial charge in [-0.25, -0.2) is 9.97 Å². The van der Waals surface area contributed by atoms with Gasteiger partial charge in [-0.15, -0.1) is 0 Å². The summed E-state index contributed by atoms with van der Waals surface area (Å²) in [5, 5.41) is 0. The Labute approximate surface area is 120 Å². The molecule has 0 atom stereocenters. The number of fused-ring (bicyclic) bond motifs is 1. The smallest absolute Gasteiger partial charge is 0.236 e. The molecule has 5 nitrogen and oxygen atoms in total. The molecule has 1 aliphatic rings. The quantitative estimate of drug-likeness (QED) is 0.805. The molecule has 2 N–H and O–H groups in total. The largest absolute Gasteiger partial charge is 0.368 e. The Morgan fingerprint density at radius 3 is 2.85 bits per heavy atom. The minimum absolute atomic E-state index is 0.240. The van der Waals surface area contributed by atoms with Crippen LogP contribution in [0.25, 0.3) is 0 Å². The predicted octanol–water partition coefficient (Wildman–Crippen LogP) is 1.84. The lowest BCUT2D eigenvalue weighted by Crippen LogP contribution is -2.36. The molecule has 20 heavy (non-hydrogen) atoms. The van der Waals surface area contributed by atoms with Gasteiger partial charge in [0.25, 0.3) is 0 Å². The lowest BCUT2D eigenvalue weighted by Gasteiger charge is -2.25. The number of hydrogen-bond donors (Lipinski definition) is 1. The number of carbonyl (C=O) groups is 1. The van der Waals surface area contributed by atoms with Crippen LogP contribution in [0.5, 0.6) is 0 Å². The summed E-state index contributed by atoms with van der Waals surface area (Å²) in [7, 11) is 0. The molecule has 5 heteroatoms. The number of anilines is 1. The van der Waals surface area contributed by atoms with Gasteiger partial charge in [-0.1, -0.05) is 19.8 Å². The number of carbonyl (C=O) groups excluding carboxylic acids is 1. The first kappa shape index (κ1) is 14.8. The van der Waals surface area contributed by atoms with E-state index >= 15 is 0 Å². The minimum atomic E-state index is -0.304. The van der Waals surface area contributed by atoms with Gasteiger partial charge in [0.15, 0.2) is 0 Å². The fourth-order valence-electron chi connectivity index (χ4n) is 2.75. The van der Waals surface area contributed by atoms with Gasteiger partial charge in [-0.05, 0) is 32.1 Å². The molecule has 0 aliphatic heterocycles. The molecule has 0 spiro atoms. The number of nitrogens with two attached hydrogens (primary N) is 1. The Morgan fingerprint density at radius 1 is 1.30 bits per heavy atom. The molecule has 0 bridgehead atoms. The molecule has 1 aromatic heterocycles. The average molecular weight is 276 g/mol. The van der Waals surface area contributed by atoms with Crippen molar-refractivity contribution in [2.45, 2.75) is 51.9 Å². The number of hydrogen-bond acceptors (Lipinski definition) is 4. The second-order valence-electron chi connectivity index (χ2n) is 5.42.